The summed E-state index contributed by atoms with van der Waals surface area (Å²) in [7, 11) is -3.54. The van der Waals surface area contributed by atoms with Crippen LogP contribution in [0.15, 0.2) is 35.5 Å². The molecule has 1 N–H and O–H groups in total. The summed E-state index contributed by atoms with van der Waals surface area (Å²) in [5.41, 5.74) is 3.80. The molecule has 0 fully saturated rings. The Morgan fingerprint density at radius 3 is 2.82 bits per heavy atom. The third-order valence-corrected chi connectivity index (χ3v) is 5.50. The molecule has 2 aromatic heterocycles. The van der Waals surface area contributed by atoms with Crippen molar-refractivity contribution in [2.75, 3.05) is 0 Å². The van der Waals surface area contributed by atoms with Crippen LogP contribution in [0.5, 0.6) is 0 Å². The predicted molar refractivity (Wildman–Crippen MR) is 83.9 cm³/mol. The van der Waals surface area contributed by atoms with Crippen molar-refractivity contribution in [2.45, 2.75) is 44.0 Å². The lowest BCUT2D eigenvalue weighted by Gasteiger charge is -2.15. The average Bonchev–Trinajstić information content (AvgIpc) is 2.53. The first-order valence-electron chi connectivity index (χ1n) is 7.44. The minimum Gasteiger partial charge on any atom is -0.264 e. The van der Waals surface area contributed by atoms with Gasteiger partial charge in [-0.25, -0.2) is 13.1 Å². The number of aryl methyl sites for hydroxylation is 3. The second-order valence-electron chi connectivity index (χ2n) is 5.58. The van der Waals surface area contributed by atoms with Gasteiger partial charge in [0.2, 0.25) is 10.0 Å². The Morgan fingerprint density at radius 2 is 2.00 bits per heavy atom. The van der Waals surface area contributed by atoms with E-state index in [4.69, 9.17) is 0 Å². The van der Waals surface area contributed by atoms with Gasteiger partial charge in [-0.05, 0) is 55.9 Å². The summed E-state index contributed by atoms with van der Waals surface area (Å²) in [4.78, 5) is 8.78. The van der Waals surface area contributed by atoms with Crippen LogP contribution in [0.1, 0.15) is 35.4 Å². The maximum absolute atomic E-state index is 12.3. The average molecular weight is 317 g/mol. The highest BCUT2D eigenvalue weighted by Crippen LogP contribution is 2.20. The van der Waals surface area contributed by atoms with Crippen LogP contribution in [-0.2, 0) is 29.4 Å². The molecule has 0 radical (unpaired) electrons. The van der Waals surface area contributed by atoms with Gasteiger partial charge in [0.15, 0.2) is 0 Å². The minimum absolute atomic E-state index is 0.206. The zero-order valence-electron chi connectivity index (χ0n) is 12.5. The molecule has 116 valence electrons. The number of nitrogens with one attached hydrogen (secondary N) is 1. The fraction of sp³-hybridized carbons (Fsp3) is 0.375. The van der Waals surface area contributed by atoms with Gasteiger partial charge in [-0.3, -0.25) is 9.97 Å². The van der Waals surface area contributed by atoms with Crippen molar-refractivity contribution < 1.29 is 8.42 Å². The van der Waals surface area contributed by atoms with Gasteiger partial charge in [-0.2, -0.15) is 0 Å². The number of hydrogen-bond donors (Lipinski definition) is 1. The number of sulfonamides is 1. The van der Waals surface area contributed by atoms with E-state index in [1.165, 1.54) is 24.2 Å². The van der Waals surface area contributed by atoms with Crippen LogP contribution in [0, 0.1) is 6.92 Å². The molecule has 1 aliphatic carbocycles. The molecule has 0 saturated heterocycles. The number of nitrogens with zero attached hydrogens (tertiary/aromatic N) is 2. The van der Waals surface area contributed by atoms with Crippen molar-refractivity contribution in [3.8, 4) is 0 Å². The van der Waals surface area contributed by atoms with Crippen LogP contribution in [0.25, 0.3) is 0 Å². The fourth-order valence-corrected chi connectivity index (χ4v) is 3.94. The van der Waals surface area contributed by atoms with Gasteiger partial charge in [0.05, 0.1) is 17.1 Å². The lowest BCUT2D eigenvalue weighted by molar-refractivity contribution is 0.579. The molecular weight excluding hydrogens is 298 g/mol. The first-order chi connectivity index (χ1) is 10.6. The van der Waals surface area contributed by atoms with E-state index in [9.17, 15) is 8.42 Å². The van der Waals surface area contributed by atoms with E-state index in [0.717, 1.165) is 30.7 Å². The molecule has 0 aliphatic heterocycles. The second-order valence-corrected chi connectivity index (χ2v) is 7.32. The first-order valence-corrected chi connectivity index (χ1v) is 8.92. The van der Waals surface area contributed by atoms with Crippen LogP contribution in [0.4, 0.5) is 0 Å². The summed E-state index contributed by atoms with van der Waals surface area (Å²) in [5, 5.41) is 0. The van der Waals surface area contributed by atoms with Crippen LogP contribution in [0.3, 0.4) is 0 Å². The molecule has 1 aliphatic rings. The molecule has 5 nitrogen and oxygen atoms in total. The van der Waals surface area contributed by atoms with Crippen LogP contribution < -0.4 is 4.72 Å². The van der Waals surface area contributed by atoms with E-state index in [2.05, 4.69) is 20.8 Å². The van der Waals surface area contributed by atoms with Gasteiger partial charge in [0.1, 0.15) is 0 Å². The molecule has 22 heavy (non-hydrogen) atoms. The van der Waals surface area contributed by atoms with Gasteiger partial charge in [-0.15, -0.1) is 0 Å². The summed E-state index contributed by atoms with van der Waals surface area (Å²) in [6.45, 7) is 1.94. The van der Waals surface area contributed by atoms with Crippen molar-refractivity contribution >= 4 is 10.0 Å². The molecule has 3 rings (SSSR count). The lowest BCUT2D eigenvalue weighted by atomic mass is 9.96. The quantitative estimate of drug-likeness (QED) is 0.938. The van der Waals surface area contributed by atoms with E-state index in [1.54, 1.807) is 13.1 Å². The molecule has 0 spiro atoms. The Morgan fingerprint density at radius 1 is 1.18 bits per heavy atom. The van der Waals surface area contributed by atoms with Gasteiger partial charge < -0.3 is 0 Å². The highest BCUT2D eigenvalue weighted by Gasteiger charge is 2.17. The standard InChI is InChI=1S/C16H19N3O2S/c1-12-10-17-9-8-16(12)22(20,21)18-11-14-7-6-13-4-2-3-5-15(13)19-14/h6-10,18H,2-5,11H2,1H3. The van der Waals surface area contributed by atoms with E-state index in [-0.39, 0.29) is 11.4 Å². The number of pyridine rings is 2. The summed E-state index contributed by atoms with van der Waals surface area (Å²) in [5.74, 6) is 0. The summed E-state index contributed by atoms with van der Waals surface area (Å²) in [6.07, 6.45) is 7.46. The van der Waals surface area contributed by atoms with E-state index in [1.807, 2.05) is 6.07 Å². The molecule has 0 unspecified atom stereocenters. The number of hydrogen-bond acceptors (Lipinski definition) is 4. The van der Waals surface area contributed by atoms with Crippen LogP contribution in [0.2, 0.25) is 0 Å². The van der Waals surface area contributed by atoms with Gasteiger partial charge >= 0.3 is 0 Å². The number of aromatic nitrogens is 2. The molecule has 0 saturated carbocycles. The topological polar surface area (TPSA) is 72.0 Å². The summed E-state index contributed by atoms with van der Waals surface area (Å²) >= 11 is 0. The number of rotatable bonds is 4. The minimum atomic E-state index is -3.54. The van der Waals surface area contributed by atoms with E-state index in [0.29, 0.717) is 5.56 Å². The third kappa shape index (κ3) is 3.18. The highest BCUT2D eigenvalue weighted by molar-refractivity contribution is 7.89. The number of fused-ring (bicyclic) bond motifs is 1. The van der Waals surface area contributed by atoms with E-state index >= 15 is 0 Å². The summed E-state index contributed by atoms with van der Waals surface area (Å²) in [6, 6.07) is 5.49. The van der Waals surface area contributed by atoms with Crippen molar-refractivity contribution in [1.82, 2.24) is 14.7 Å². The fourth-order valence-electron chi connectivity index (χ4n) is 2.73. The van der Waals surface area contributed by atoms with Crippen LogP contribution in [-0.4, -0.2) is 18.4 Å². The molecule has 2 heterocycles. The van der Waals surface area contributed by atoms with Crippen molar-refractivity contribution in [3.63, 3.8) is 0 Å². The molecule has 6 heteroatoms. The molecule has 0 aromatic carbocycles. The Labute approximate surface area is 130 Å². The van der Waals surface area contributed by atoms with Crippen molar-refractivity contribution in [3.05, 3.63) is 53.1 Å². The Balaban J connectivity index is 1.76. The van der Waals surface area contributed by atoms with Gasteiger partial charge in [0.25, 0.3) is 0 Å². The normalized spacial score (nSPS) is 14.6. The largest absolute Gasteiger partial charge is 0.264 e. The molecule has 2 aromatic rings. The molecular formula is C16H19N3O2S. The van der Waals surface area contributed by atoms with Crippen molar-refractivity contribution in [2.24, 2.45) is 0 Å². The van der Waals surface area contributed by atoms with E-state index < -0.39 is 10.0 Å². The monoisotopic (exact) mass is 317 g/mol. The Bertz CT molecular complexity index is 788. The third-order valence-electron chi connectivity index (χ3n) is 3.94. The zero-order valence-corrected chi connectivity index (χ0v) is 13.4. The van der Waals surface area contributed by atoms with Gasteiger partial charge in [-0.1, -0.05) is 6.07 Å². The van der Waals surface area contributed by atoms with Crippen molar-refractivity contribution in [1.29, 1.82) is 0 Å². The maximum atomic E-state index is 12.3. The zero-order chi connectivity index (χ0) is 15.6. The second kappa shape index (κ2) is 6.14. The maximum Gasteiger partial charge on any atom is 0.241 e. The predicted octanol–water partition coefficient (Wildman–Crippen LogP) is 2.14. The van der Waals surface area contributed by atoms with Crippen LogP contribution >= 0.6 is 0 Å². The molecule has 0 amide bonds. The Kier molecular flexibility index (Phi) is 4.22. The lowest BCUT2D eigenvalue weighted by Crippen LogP contribution is -2.25. The van der Waals surface area contributed by atoms with Gasteiger partial charge in [0, 0.05) is 18.1 Å². The highest BCUT2D eigenvalue weighted by atomic mass is 32.2. The molecule has 0 bridgehead atoms. The SMILES string of the molecule is Cc1cnccc1S(=O)(=O)NCc1ccc2c(n1)CCCC2. The first kappa shape index (κ1) is 15.1. The Hall–Kier alpha value is -1.79. The molecule has 0 atom stereocenters. The summed E-state index contributed by atoms with van der Waals surface area (Å²) < 4.78 is 27.3. The smallest absolute Gasteiger partial charge is 0.241 e.